The van der Waals surface area contributed by atoms with Crippen molar-refractivity contribution < 1.29 is 14.6 Å². The minimum atomic E-state index is -0.481. The zero-order valence-corrected chi connectivity index (χ0v) is 13.8. The molecule has 1 amide bonds. The Morgan fingerprint density at radius 3 is 2.59 bits per heavy atom. The van der Waals surface area contributed by atoms with Crippen molar-refractivity contribution in [2.24, 2.45) is 5.41 Å². The van der Waals surface area contributed by atoms with E-state index < -0.39 is 5.60 Å². The maximum atomic E-state index is 12.2. The van der Waals surface area contributed by atoms with E-state index in [9.17, 15) is 9.90 Å². The van der Waals surface area contributed by atoms with Crippen LogP contribution in [0, 0.1) is 5.41 Å². The Bertz CT molecular complexity index is 495. The molecule has 1 aromatic rings. The first-order valence-electron chi connectivity index (χ1n) is 7.96. The van der Waals surface area contributed by atoms with Crippen LogP contribution in [0.1, 0.15) is 39.2 Å². The molecule has 1 saturated heterocycles. The first-order valence-corrected chi connectivity index (χ1v) is 7.96. The summed E-state index contributed by atoms with van der Waals surface area (Å²) < 4.78 is 5.43. The third-order valence-electron chi connectivity index (χ3n) is 4.21. The van der Waals surface area contributed by atoms with E-state index in [0.29, 0.717) is 13.1 Å². The SMILES string of the molecule is CC(C)(C)OC(=O)N1CC[C@@](CO)(CCc2ccccc2)C1. The Morgan fingerprint density at radius 2 is 2.00 bits per heavy atom. The van der Waals surface area contributed by atoms with Crippen molar-refractivity contribution in [3.8, 4) is 0 Å². The summed E-state index contributed by atoms with van der Waals surface area (Å²) >= 11 is 0. The number of hydrogen-bond acceptors (Lipinski definition) is 3. The van der Waals surface area contributed by atoms with E-state index in [2.05, 4.69) is 12.1 Å². The van der Waals surface area contributed by atoms with Crippen molar-refractivity contribution in [1.29, 1.82) is 0 Å². The Kier molecular flexibility index (Phi) is 5.12. The highest BCUT2D eigenvalue weighted by Crippen LogP contribution is 2.35. The third-order valence-corrected chi connectivity index (χ3v) is 4.21. The zero-order chi connectivity index (χ0) is 16.2. The number of aryl methyl sites for hydroxylation is 1. The molecule has 2 rings (SSSR count). The molecular formula is C18H27NO3. The fourth-order valence-corrected chi connectivity index (χ4v) is 2.88. The number of aliphatic hydroxyl groups is 1. The van der Waals surface area contributed by atoms with Gasteiger partial charge in [-0.05, 0) is 45.6 Å². The average molecular weight is 305 g/mol. The van der Waals surface area contributed by atoms with Crippen LogP contribution < -0.4 is 0 Å². The molecule has 1 fully saturated rings. The molecule has 1 N–H and O–H groups in total. The van der Waals surface area contributed by atoms with E-state index in [1.165, 1.54) is 5.56 Å². The van der Waals surface area contributed by atoms with Gasteiger partial charge in [0.2, 0.25) is 0 Å². The highest BCUT2D eigenvalue weighted by molar-refractivity contribution is 5.68. The molecule has 4 heteroatoms. The molecule has 1 atom stereocenters. The number of rotatable bonds is 4. The first kappa shape index (κ1) is 16.8. The predicted octanol–water partition coefficient (Wildman–Crippen LogP) is 3.24. The summed E-state index contributed by atoms with van der Waals surface area (Å²) in [5.41, 5.74) is 0.587. The van der Waals surface area contributed by atoms with Crippen LogP contribution in [0.2, 0.25) is 0 Å². The second kappa shape index (κ2) is 6.69. The van der Waals surface area contributed by atoms with Gasteiger partial charge in [-0.1, -0.05) is 30.3 Å². The van der Waals surface area contributed by atoms with Gasteiger partial charge in [-0.2, -0.15) is 0 Å². The molecule has 0 saturated carbocycles. The summed E-state index contributed by atoms with van der Waals surface area (Å²) in [5.74, 6) is 0. The highest BCUT2D eigenvalue weighted by atomic mass is 16.6. The van der Waals surface area contributed by atoms with Crippen molar-refractivity contribution in [1.82, 2.24) is 4.90 Å². The lowest BCUT2D eigenvalue weighted by Crippen LogP contribution is -2.38. The van der Waals surface area contributed by atoms with Gasteiger partial charge in [-0.25, -0.2) is 4.79 Å². The smallest absolute Gasteiger partial charge is 0.410 e. The highest BCUT2D eigenvalue weighted by Gasteiger charge is 2.40. The van der Waals surface area contributed by atoms with Crippen LogP contribution in [0.25, 0.3) is 0 Å². The minimum absolute atomic E-state index is 0.110. The summed E-state index contributed by atoms with van der Waals surface area (Å²) in [7, 11) is 0. The van der Waals surface area contributed by atoms with E-state index in [4.69, 9.17) is 4.74 Å². The van der Waals surface area contributed by atoms with Gasteiger partial charge in [-0.3, -0.25) is 0 Å². The number of ether oxygens (including phenoxy) is 1. The molecule has 122 valence electrons. The number of nitrogens with zero attached hydrogens (tertiary/aromatic N) is 1. The van der Waals surface area contributed by atoms with E-state index in [-0.39, 0.29) is 18.1 Å². The van der Waals surface area contributed by atoms with Crippen LogP contribution in [-0.2, 0) is 11.2 Å². The molecule has 0 aliphatic carbocycles. The van der Waals surface area contributed by atoms with Gasteiger partial charge < -0.3 is 14.7 Å². The summed E-state index contributed by atoms with van der Waals surface area (Å²) in [6, 6.07) is 10.3. The summed E-state index contributed by atoms with van der Waals surface area (Å²) in [6.07, 6.45) is 2.36. The Hall–Kier alpha value is -1.55. The number of carbonyl (C=O) groups is 1. The van der Waals surface area contributed by atoms with E-state index in [1.54, 1.807) is 4.90 Å². The Labute approximate surface area is 133 Å². The van der Waals surface area contributed by atoms with Crippen molar-refractivity contribution in [3.05, 3.63) is 35.9 Å². The fourth-order valence-electron chi connectivity index (χ4n) is 2.88. The van der Waals surface area contributed by atoms with Gasteiger partial charge in [0.05, 0.1) is 6.61 Å². The number of carbonyl (C=O) groups excluding carboxylic acids is 1. The maximum absolute atomic E-state index is 12.2. The van der Waals surface area contributed by atoms with E-state index in [0.717, 1.165) is 19.3 Å². The molecule has 0 bridgehead atoms. The van der Waals surface area contributed by atoms with Gasteiger partial charge in [0.1, 0.15) is 5.60 Å². The molecule has 1 aliphatic heterocycles. The van der Waals surface area contributed by atoms with Crippen LogP contribution in [-0.4, -0.2) is 41.4 Å². The molecular weight excluding hydrogens is 278 g/mol. The lowest BCUT2D eigenvalue weighted by atomic mass is 9.82. The van der Waals surface area contributed by atoms with Gasteiger partial charge >= 0.3 is 6.09 Å². The number of aliphatic hydroxyl groups excluding tert-OH is 1. The number of likely N-dealkylation sites (tertiary alicyclic amines) is 1. The van der Waals surface area contributed by atoms with Crippen LogP contribution in [0.5, 0.6) is 0 Å². The van der Waals surface area contributed by atoms with Gasteiger partial charge in [0, 0.05) is 18.5 Å². The van der Waals surface area contributed by atoms with Crippen molar-refractivity contribution in [2.45, 2.75) is 45.6 Å². The van der Waals surface area contributed by atoms with Crippen LogP contribution >= 0.6 is 0 Å². The summed E-state index contributed by atoms with van der Waals surface area (Å²) in [6.45, 7) is 6.95. The standard InChI is InChI=1S/C18H27NO3/c1-17(2,3)22-16(21)19-12-11-18(13-19,14-20)10-9-15-7-5-4-6-8-15/h4-8,20H,9-14H2,1-3H3/t18-/m0/s1. The molecule has 1 aromatic carbocycles. The van der Waals surface area contributed by atoms with Crippen LogP contribution in [0.3, 0.4) is 0 Å². The maximum Gasteiger partial charge on any atom is 0.410 e. The van der Waals surface area contributed by atoms with Crippen LogP contribution in [0.15, 0.2) is 30.3 Å². The molecule has 22 heavy (non-hydrogen) atoms. The molecule has 0 unspecified atom stereocenters. The number of benzene rings is 1. The number of hydrogen-bond donors (Lipinski definition) is 1. The van der Waals surface area contributed by atoms with E-state index in [1.807, 2.05) is 39.0 Å². The fraction of sp³-hybridized carbons (Fsp3) is 0.611. The van der Waals surface area contributed by atoms with Gasteiger partial charge in [0.25, 0.3) is 0 Å². The lowest BCUT2D eigenvalue weighted by molar-refractivity contribution is 0.0250. The molecule has 0 spiro atoms. The van der Waals surface area contributed by atoms with Gasteiger partial charge in [-0.15, -0.1) is 0 Å². The number of amides is 1. The van der Waals surface area contributed by atoms with E-state index >= 15 is 0 Å². The molecule has 1 aliphatic rings. The topological polar surface area (TPSA) is 49.8 Å². The van der Waals surface area contributed by atoms with Crippen molar-refractivity contribution in [3.63, 3.8) is 0 Å². The predicted molar refractivity (Wildman–Crippen MR) is 86.7 cm³/mol. The lowest BCUT2D eigenvalue weighted by Gasteiger charge is -2.28. The minimum Gasteiger partial charge on any atom is -0.444 e. The summed E-state index contributed by atoms with van der Waals surface area (Å²) in [5, 5.41) is 9.85. The monoisotopic (exact) mass is 305 g/mol. The molecule has 4 nitrogen and oxygen atoms in total. The Morgan fingerprint density at radius 1 is 1.32 bits per heavy atom. The quantitative estimate of drug-likeness (QED) is 0.929. The van der Waals surface area contributed by atoms with Gasteiger partial charge in [0.15, 0.2) is 0 Å². The van der Waals surface area contributed by atoms with Crippen LogP contribution in [0.4, 0.5) is 4.79 Å². The summed E-state index contributed by atoms with van der Waals surface area (Å²) in [4.78, 5) is 13.9. The molecule has 0 radical (unpaired) electrons. The third kappa shape index (κ3) is 4.47. The largest absolute Gasteiger partial charge is 0.444 e. The second-order valence-electron chi connectivity index (χ2n) is 7.30. The average Bonchev–Trinajstić information content (AvgIpc) is 2.90. The molecule has 0 aromatic heterocycles. The first-order chi connectivity index (χ1) is 10.3. The molecule has 1 heterocycles. The zero-order valence-electron chi connectivity index (χ0n) is 13.8. The van der Waals surface area contributed by atoms with Crippen molar-refractivity contribution in [2.75, 3.05) is 19.7 Å². The van der Waals surface area contributed by atoms with Crippen molar-refractivity contribution >= 4 is 6.09 Å². The second-order valence-corrected chi connectivity index (χ2v) is 7.30. The Balaban J connectivity index is 1.93. The normalized spacial score (nSPS) is 21.9.